The molecule has 0 aliphatic heterocycles. The number of rotatable bonds is 5. The zero-order valence-corrected chi connectivity index (χ0v) is 14.0. The zero-order valence-electron chi connectivity index (χ0n) is 12.3. The van der Waals surface area contributed by atoms with E-state index in [0.717, 1.165) is 18.3 Å². The maximum atomic E-state index is 6.22. The van der Waals surface area contributed by atoms with Gasteiger partial charge in [-0.2, -0.15) is 0 Å². The van der Waals surface area contributed by atoms with Gasteiger partial charge in [-0.25, -0.2) is 0 Å². The van der Waals surface area contributed by atoms with Crippen molar-refractivity contribution in [3.05, 3.63) is 90.8 Å². The quantitative estimate of drug-likeness (QED) is 0.663. The molecule has 0 aliphatic carbocycles. The summed E-state index contributed by atoms with van der Waals surface area (Å²) in [6, 6.07) is 25.4. The van der Waals surface area contributed by atoms with E-state index in [1.807, 2.05) is 30.5 Å². The van der Waals surface area contributed by atoms with Crippen LogP contribution < -0.4 is 10.6 Å². The van der Waals surface area contributed by atoms with Crippen LogP contribution in [-0.4, -0.2) is 11.1 Å². The molecule has 0 bridgehead atoms. The fourth-order valence-electron chi connectivity index (χ4n) is 2.56. The molecule has 1 heterocycles. The Morgan fingerprint density at radius 2 is 1.27 bits per heavy atom. The summed E-state index contributed by atoms with van der Waals surface area (Å²) in [7, 11) is 0. The lowest BCUT2D eigenvalue weighted by atomic mass is 10.3. The molecule has 0 N–H and O–H groups in total. The first kappa shape index (κ1) is 15.1. The molecular weight excluding hydrogens is 305 g/mol. The molecule has 0 radical (unpaired) electrons. The molecule has 0 spiro atoms. The average Bonchev–Trinajstić information content (AvgIpc) is 2.62. The maximum absolute atomic E-state index is 6.22. The van der Waals surface area contributed by atoms with Crippen molar-refractivity contribution < 1.29 is 0 Å². The van der Waals surface area contributed by atoms with Gasteiger partial charge in [-0.05, 0) is 35.3 Å². The summed E-state index contributed by atoms with van der Waals surface area (Å²) in [5.74, 6) is 0. The van der Waals surface area contributed by atoms with E-state index in [2.05, 4.69) is 59.6 Å². The molecule has 110 valence electrons. The second-order valence-electron chi connectivity index (χ2n) is 5.21. The third-order valence-corrected chi connectivity index (χ3v) is 8.69. The van der Waals surface area contributed by atoms with Crippen LogP contribution in [0.25, 0.3) is 0 Å². The van der Waals surface area contributed by atoms with E-state index >= 15 is 0 Å². The first-order valence-corrected chi connectivity index (χ1v) is 10.4. The molecule has 0 atom stereocenters. The van der Waals surface area contributed by atoms with E-state index < -0.39 is 6.04 Å². The highest BCUT2D eigenvalue weighted by Gasteiger charge is 2.21. The number of aryl methyl sites for hydroxylation is 1. The predicted octanol–water partition coefficient (Wildman–Crippen LogP) is 3.75. The number of benzene rings is 2. The summed E-state index contributed by atoms with van der Waals surface area (Å²) >= 11 is 6.22. The topological polar surface area (TPSA) is 12.9 Å². The third-order valence-electron chi connectivity index (χ3n) is 3.76. The van der Waals surface area contributed by atoms with Gasteiger partial charge in [0.2, 0.25) is 0 Å². The van der Waals surface area contributed by atoms with Crippen LogP contribution in [0.5, 0.6) is 0 Å². The van der Waals surface area contributed by atoms with Gasteiger partial charge >= 0.3 is 0 Å². The molecular formula is C19H18NPS. The Labute approximate surface area is 137 Å². The van der Waals surface area contributed by atoms with E-state index in [-0.39, 0.29) is 0 Å². The Morgan fingerprint density at radius 1 is 0.727 bits per heavy atom. The number of hydrogen-bond acceptors (Lipinski definition) is 2. The molecule has 2 aromatic carbocycles. The van der Waals surface area contributed by atoms with Crippen molar-refractivity contribution in [2.75, 3.05) is 6.16 Å². The van der Waals surface area contributed by atoms with Crippen molar-refractivity contribution >= 4 is 28.5 Å². The molecule has 3 aromatic rings. The van der Waals surface area contributed by atoms with Crippen LogP contribution in [0, 0.1) is 0 Å². The summed E-state index contributed by atoms with van der Waals surface area (Å²) in [5.41, 5.74) is 1.11. The van der Waals surface area contributed by atoms with Crippen LogP contribution in [0.2, 0.25) is 0 Å². The van der Waals surface area contributed by atoms with Crippen LogP contribution in [0.3, 0.4) is 0 Å². The minimum absolute atomic E-state index is 0.919. The van der Waals surface area contributed by atoms with Crippen LogP contribution in [0.1, 0.15) is 5.69 Å². The average molecular weight is 323 g/mol. The SMILES string of the molecule is S=P(CCc1ccccn1)(c1ccccc1)c1ccccc1. The monoisotopic (exact) mass is 323 g/mol. The maximum Gasteiger partial charge on any atom is 0.0407 e. The van der Waals surface area contributed by atoms with Crippen molar-refractivity contribution in [1.82, 2.24) is 4.98 Å². The van der Waals surface area contributed by atoms with Gasteiger partial charge in [0.1, 0.15) is 0 Å². The van der Waals surface area contributed by atoms with E-state index in [1.54, 1.807) is 0 Å². The van der Waals surface area contributed by atoms with Crippen molar-refractivity contribution in [3.63, 3.8) is 0 Å². The number of pyridine rings is 1. The number of aromatic nitrogens is 1. The zero-order chi connectivity index (χ0) is 15.3. The van der Waals surface area contributed by atoms with E-state index in [0.29, 0.717) is 0 Å². The fraction of sp³-hybridized carbons (Fsp3) is 0.105. The normalized spacial score (nSPS) is 11.3. The van der Waals surface area contributed by atoms with Crippen molar-refractivity contribution in [3.8, 4) is 0 Å². The Hall–Kier alpha value is -1.76. The van der Waals surface area contributed by atoms with Gasteiger partial charge in [-0.15, -0.1) is 0 Å². The lowest BCUT2D eigenvalue weighted by Crippen LogP contribution is -2.19. The standard InChI is InChI=1S/C19H18NPS/c22-21(18-10-3-1-4-11-18,19-12-5-2-6-13-19)16-14-17-9-7-8-15-20-17/h1-13,15H,14,16H2. The molecule has 1 aromatic heterocycles. The highest BCUT2D eigenvalue weighted by atomic mass is 32.4. The van der Waals surface area contributed by atoms with Crippen LogP contribution in [0.15, 0.2) is 85.1 Å². The van der Waals surface area contributed by atoms with Crippen molar-refractivity contribution in [2.24, 2.45) is 0 Å². The second kappa shape index (κ2) is 7.00. The Bertz CT molecular complexity index is 714. The molecule has 3 heteroatoms. The molecule has 1 nitrogen and oxygen atoms in total. The summed E-state index contributed by atoms with van der Waals surface area (Å²) in [5, 5.41) is 2.57. The smallest absolute Gasteiger partial charge is 0.0407 e. The van der Waals surface area contributed by atoms with E-state index in [4.69, 9.17) is 11.8 Å². The summed E-state index contributed by atoms with van der Waals surface area (Å²) < 4.78 is 0. The minimum Gasteiger partial charge on any atom is -0.261 e. The first-order chi connectivity index (χ1) is 10.8. The second-order valence-corrected chi connectivity index (χ2v) is 10.0. The molecule has 0 fully saturated rings. The molecule has 3 rings (SSSR count). The predicted molar refractivity (Wildman–Crippen MR) is 99.2 cm³/mol. The summed E-state index contributed by atoms with van der Waals surface area (Å²) in [6.07, 6.45) is 3.74. The Balaban J connectivity index is 1.95. The van der Waals surface area contributed by atoms with Gasteiger partial charge in [0.25, 0.3) is 0 Å². The Morgan fingerprint density at radius 3 is 1.77 bits per heavy atom. The summed E-state index contributed by atoms with van der Waals surface area (Å²) in [6.45, 7) is 0. The van der Waals surface area contributed by atoms with Gasteiger partial charge < -0.3 is 0 Å². The lowest BCUT2D eigenvalue weighted by Gasteiger charge is -2.23. The number of hydrogen-bond donors (Lipinski definition) is 0. The third kappa shape index (κ3) is 3.35. The first-order valence-electron chi connectivity index (χ1n) is 7.39. The summed E-state index contributed by atoms with van der Waals surface area (Å²) in [4.78, 5) is 4.44. The molecule has 0 unspecified atom stereocenters. The lowest BCUT2D eigenvalue weighted by molar-refractivity contribution is 1.04. The van der Waals surface area contributed by atoms with E-state index in [9.17, 15) is 0 Å². The van der Waals surface area contributed by atoms with Gasteiger partial charge in [0.15, 0.2) is 0 Å². The molecule has 0 aliphatic rings. The highest BCUT2D eigenvalue weighted by molar-refractivity contribution is 8.21. The fourth-order valence-corrected chi connectivity index (χ4v) is 6.23. The largest absolute Gasteiger partial charge is 0.261 e. The van der Waals surface area contributed by atoms with Gasteiger partial charge in [-0.1, -0.05) is 78.5 Å². The number of nitrogens with zero attached hydrogens (tertiary/aromatic N) is 1. The van der Waals surface area contributed by atoms with E-state index in [1.165, 1.54) is 10.6 Å². The van der Waals surface area contributed by atoms with Gasteiger partial charge in [-0.3, -0.25) is 4.98 Å². The molecule has 22 heavy (non-hydrogen) atoms. The minimum atomic E-state index is -1.80. The molecule has 0 amide bonds. The van der Waals surface area contributed by atoms with Gasteiger partial charge in [0.05, 0.1) is 0 Å². The van der Waals surface area contributed by atoms with Crippen LogP contribution in [0.4, 0.5) is 0 Å². The van der Waals surface area contributed by atoms with Gasteiger partial charge in [0, 0.05) is 17.9 Å². The van der Waals surface area contributed by atoms with Crippen LogP contribution in [-0.2, 0) is 18.2 Å². The highest BCUT2D eigenvalue weighted by Crippen LogP contribution is 2.44. The molecule has 0 saturated carbocycles. The van der Waals surface area contributed by atoms with Crippen LogP contribution >= 0.6 is 6.04 Å². The molecule has 0 saturated heterocycles. The van der Waals surface area contributed by atoms with Crippen molar-refractivity contribution in [1.29, 1.82) is 0 Å². The Kier molecular flexibility index (Phi) is 4.82. The van der Waals surface area contributed by atoms with Crippen molar-refractivity contribution in [2.45, 2.75) is 6.42 Å².